The average molecular weight is 273 g/mol. The zero-order chi connectivity index (χ0) is 13.7. The fourth-order valence-electron chi connectivity index (χ4n) is 2.78. The van der Waals surface area contributed by atoms with Gasteiger partial charge in [0.2, 0.25) is 0 Å². The molecule has 0 aliphatic heterocycles. The molecule has 0 N–H and O–H groups in total. The first-order valence-corrected chi connectivity index (χ1v) is 8.92. The maximum atomic E-state index is 4.46. The van der Waals surface area contributed by atoms with Crippen LogP contribution in [0.5, 0.6) is 0 Å². The van der Waals surface area contributed by atoms with Gasteiger partial charge in [-0.1, -0.05) is 78.6 Å². The van der Waals surface area contributed by atoms with Gasteiger partial charge in [-0.2, -0.15) is 12.6 Å². The van der Waals surface area contributed by atoms with Gasteiger partial charge in [-0.15, -0.1) is 0 Å². The second kappa shape index (κ2) is 12.4. The fourth-order valence-corrected chi connectivity index (χ4v) is 3.32. The molecule has 0 aromatic heterocycles. The van der Waals surface area contributed by atoms with Crippen LogP contribution in [-0.4, -0.2) is 5.75 Å². The number of hydrogen-bond acceptors (Lipinski definition) is 1. The second-order valence-corrected chi connectivity index (χ2v) is 6.71. The molecule has 1 atom stereocenters. The van der Waals surface area contributed by atoms with Gasteiger partial charge in [0.05, 0.1) is 0 Å². The van der Waals surface area contributed by atoms with E-state index >= 15 is 0 Å². The van der Waals surface area contributed by atoms with Crippen molar-refractivity contribution < 1.29 is 0 Å². The van der Waals surface area contributed by atoms with Crippen molar-refractivity contribution in [1.82, 2.24) is 0 Å². The van der Waals surface area contributed by atoms with Crippen molar-refractivity contribution in [1.29, 1.82) is 0 Å². The summed E-state index contributed by atoms with van der Waals surface area (Å²) in [6.45, 7) is 7.08. The van der Waals surface area contributed by atoms with E-state index in [1.165, 1.54) is 77.0 Å². The van der Waals surface area contributed by atoms with Crippen LogP contribution < -0.4 is 0 Å². The topological polar surface area (TPSA) is 0 Å². The van der Waals surface area contributed by atoms with Gasteiger partial charge in [-0.3, -0.25) is 0 Å². The normalized spacial score (nSPS) is 14.7. The Balaban J connectivity index is 3.78. The highest BCUT2D eigenvalue weighted by Crippen LogP contribution is 2.35. The molecule has 0 aliphatic rings. The maximum Gasteiger partial charge on any atom is -0.00927 e. The van der Waals surface area contributed by atoms with E-state index < -0.39 is 0 Å². The molecule has 0 aromatic carbocycles. The van der Waals surface area contributed by atoms with Crippen LogP contribution in [0, 0.1) is 5.41 Å². The molecule has 0 amide bonds. The minimum atomic E-state index is 0.571. The van der Waals surface area contributed by atoms with Crippen LogP contribution in [0.4, 0.5) is 0 Å². The molecule has 0 bridgehead atoms. The Morgan fingerprint density at radius 3 is 1.56 bits per heavy atom. The van der Waals surface area contributed by atoms with Gasteiger partial charge in [-0.25, -0.2) is 0 Å². The molecule has 0 nitrogen and oxygen atoms in total. The van der Waals surface area contributed by atoms with E-state index in [0.717, 1.165) is 5.75 Å². The van der Waals surface area contributed by atoms with Gasteiger partial charge in [0.15, 0.2) is 0 Å². The first kappa shape index (κ1) is 18.4. The largest absolute Gasteiger partial charge is 0.179 e. The molecule has 0 saturated carbocycles. The number of hydrogen-bond donors (Lipinski definition) is 1. The van der Waals surface area contributed by atoms with Crippen LogP contribution in [0.3, 0.4) is 0 Å². The van der Waals surface area contributed by atoms with Crippen LogP contribution >= 0.6 is 12.6 Å². The van der Waals surface area contributed by atoms with E-state index in [1.807, 2.05) is 0 Å². The molecule has 1 unspecified atom stereocenters. The molecular formula is C17H36S. The van der Waals surface area contributed by atoms with Crippen LogP contribution in [-0.2, 0) is 0 Å². The Morgan fingerprint density at radius 2 is 1.11 bits per heavy atom. The molecule has 0 saturated heterocycles. The van der Waals surface area contributed by atoms with Gasteiger partial charge < -0.3 is 0 Å². The van der Waals surface area contributed by atoms with E-state index in [2.05, 4.69) is 33.4 Å². The third-order valence-corrected chi connectivity index (χ3v) is 4.46. The Bertz CT molecular complexity index is 167. The van der Waals surface area contributed by atoms with E-state index in [9.17, 15) is 0 Å². The van der Waals surface area contributed by atoms with Crippen molar-refractivity contribution in [3.05, 3.63) is 0 Å². The molecule has 0 aromatic rings. The Labute approximate surface area is 122 Å². The van der Waals surface area contributed by atoms with Crippen LogP contribution in [0.2, 0.25) is 0 Å². The standard InChI is InChI=1S/C17H36S/c1-4-6-8-10-12-14-17(3,15-16-18)13-11-9-7-5-2/h18H,4-16H2,1-3H3. The predicted molar refractivity (Wildman–Crippen MR) is 88.7 cm³/mol. The molecule has 0 fully saturated rings. The summed E-state index contributed by atoms with van der Waals surface area (Å²) in [5.74, 6) is 1.05. The zero-order valence-corrected chi connectivity index (χ0v) is 14.0. The maximum absolute atomic E-state index is 4.46. The first-order chi connectivity index (χ1) is 8.68. The van der Waals surface area contributed by atoms with Crippen molar-refractivity contribution >= 4 is 12.6 Å². The fraction of sp³-hybridized carbons (Fsp3) is 1.00. The summed E-state index contributed by atoms with van der Waals surface area (Å²) < 4.78 is 0. The molecular weight excluding hydrogens is 236 g/mol. The Morgan fingerprint density at radius 1 is 0.667 bits per heavy atom. The molecule has 18 heavy (non-hydrogen) atoms. The van der Waals surface area contributed by atoms with E-state index in [-0.39, 0.29) is 0 Å². The summed E-state index contributed by atoms with van der Waals surface area (Å²) in [5, 5.41) is 0. The lowest BCUT2D eigenvalue weighted by Crippen LogP contribution is -2.17. The van der Waals surface area contributed by atoms with Crippen molar-refractivity contribution in [2.45, 2.75) is 97.8 Å². The van der Waals surface area contributed by atoms with Gasteiger partial charge in [-0.05, 0) is 30.4 Å². The third-order valence-electron chi connectivity index (χ3n) is 4.23. The van der Waals surface area contributed by atoms with Crippen molar-refractivity contribution in [2.24, 2.45) is 5.41 Å². The average Bonchev–Trinajstić information content (AvgIpc) is 2.35. The lowest BCUT2D eigenvalue weighted by atomic mass is 9.77. The van der Waals surface area contributed by atoms with E-state index in [4.69, 9.17) is 0 Å². The molecule has 0 spiro atoms. The molecule has 0 radical (unpaired) electrons. The zero-order valence-electron chi connectivity index (χ0n) is 13.1. The molecule has 1 heteroatoms. The highest BCUT2D eigenvalue weighted by Gasteiger charge is 2.22. The second-order valence-electron chi connectivity index (χ2n) is 6.26. The summed E-state index contributed by atoms with van der Waals surface area (Å²) >= 11 is 4.46. The van der Waals surface area contributed by atoms with Crippen LogP contribution in [0.1, 0.15) is 97.8 Å². The summed E-state index contributed by atoms with van der Waals surface area (Å²) in [4.78, 5) is 0. The van der Waals surface area contributed by atoms with Crippen molar-refractivity contribution in [3.63, 3.8) is 0 Å². The minimum absolute atomic E-state index is 0.571. The third kappa shape index (κ3) is 10.3. The summed E-state index contributed by atoms with van der Waals surface area (Å²) in [6.07, 6.45) is 16.8. The summed E-state index contributed by atoms with van der Waals surface area (Å²) in [7, 11) is 0. The smallest absolute Gasteiger partial charge is 0.00927 e. The molecule has 110 valence electrons. The molecule has 0 aliphatic carbocycles. The summed E-state index contributed by atoms with van der Waals surface area (Å²) in [5.41, 5.74) is 0.571. The highest BCUT2D eigenvalue weighted by atomic mass is 32.1. The van der Waals surface area contributed by atoms with Gasteiger partial charge in [0, 0.05) is 0 Å². The predicted octanol–water partition coefficient (Wildman–Crippen LogP) is 6.64. The molecule has 0 heterocycles. The molecule has 0 rings (SSSR count). The van der Waals surface area contributed by atoms with Gasteiger partial charge in [0.25, 0.3) is 0 Å². The minimum Gasteiger partial charge on any atom is -0.179 e. The van der Waals surface area contributed by atoms with Gasteiger partial charge >= 0.3 is 0 Å². The van der Waals surface area contributed by atoms with Crippen LogP contribution in [0.25, 0.3) is 0 Å². The monoisotopic (exact) mass is 272 g/mol. The lowest BCUT2D eigenvalue weighted by molar-refractivity contribution is 0.243. The first-order valence-electron chi connectivity index (χ1n) is 8.29. The summed E-state index contributed by atoms with van der Waals surface area (Å²) in [6, 6.07) is 0. The highest BCUT2D eigenvalue weighted by molar-refractivity contribution is 7.80. The van der Waals surface area contributed by atoms with Crippen LogP contribution in [0.15, 0.2) is 0 Å². The van der Waals surface area contributed by atoms with Gasteiger partial charge in [0.1, 0.15) is 0 Å². The lowest BCUT2D eigenvalue weighted by Gasteiger charge is -2.29. The quantitative estimate of drug-likeness (QED) is 0.282. The Hall–Kier alpha value is 0.350. The van der Waals surface area contributed by atoms with E-state index in [0.29, 0.717) is 5.41 Å². The number of unbranched alkanes of at least 4 members (excludes halogenated alkanes) is 7. The van der Waals surface area contributed by atoms with Crippen molar-refractivity contribution in [2.75, 3.05) is 5.75 Å². The Kier molecular flexibility index (Phi) is 12.6. The van der Waals surface area contributed by atoms with E-state index in [1.54, 1.807) is 0 Å². The number of rotatable bonds is 13. The SMILES string of the molecule is CCCCCCCC(C)(CCS)CCCCCC. The van der Waals surface area contributed by atoms with Crippen molar-refractivity contribution in [3.8, 4) is 0 Å². The number of thiol groups is 1.